The van der Waals surface area contributed by atoms with E-state index < -0.39 is 29.2 Å². The van der Waals surface area contributed by atoms with Crippen molar-refractivity contribution in [2.45, 2.75) is 24.9 Å². The molecule has 0 aliphatic carbocycles. The van der Waals surface area contributed by atoms with E-state index in [1.807, 2.05) is 34.3 Å². The molecular weight excluding hydrogens is 508 g/mol. The van der Waals surface area contributed by atoms with Crippen LogP contribution in [0.2, 0.25) is 0 Å². The maximum atomic E-state index is 13.1. The summed E-state index contributed by atoms with van der Waals surface area (Å²) in [6, 6.07) is 4.78. The van der Waals surface area contributed by atoms with Crippen LogP contribution in [0.1, 0.15) is 12.6 Å². The zero-order valence-corrected chi connectivity index (χ0v) is 20.5. The molecule has 12 nitrogen and oxygen atoms in total. The van der Waals surface area contributed by atoms with Crippen molar-refractivity contribution in [3.05, 3.63) is 53.0 Å². The number of amides is 2. The first kappa shape index (κ1) is 23.8. The number of fused-ring (bicyclic) bond motifs is 2. The largest absolute Gasteiger partial charge is 0.477 e. The van der Waals surface area contributed by atoms with Crippen LogP contribution in [0.4, 0.5) is 6.01 Å². The lowest BCUT2D eigenvalue weighted by atomic mass is 10.0. The van der Waals surface area contributed by atoms with Gasteiger partial charge in [-0.2, -0.15) is 9.55 Å². The van der Waals surface area contributed by atoms with Gasteiger partial charge in [0.25, 0.3) is 17.8 Å². The number of hydrogen-bond donors (Lipinski definition) is 3. The number of oxime groups is 1. The van der Waals surface area contributed by atoms with Gasteiger partial charge in [0.05, 0.1) is 4.70 Å². The average molecular weight is 530 g/mol. The molecule has 1 fully saturated rings. The predicted octanol–water partition coefficient (Wildman–Crippen LogP) is 0.938. The van der Waals surface area contributed by atoms with E-state index in [-0.39, 0.29) is 29.7 Å². The number of carboxylic acid groups (broad SMARTS) is 1. The van der Waals surface area contributed by atoms with Crippen LogP contribution >= 0.6 is 23.1 Å². The Kier molecular flexibility index (Phi) is 6.36. The number of aliphatic carboxylic acids is 1. The lowest BCUT2D eigenvalue weighted by Gasteiger charge is -2.49. The summed E-state index contributed by atoms with van der Waals surface area (Å²) in [7, 11) is 0. The number of hydrogen-bond acceptors (Lipinski definition) is 10. The third-order valence-corrected chi connectivity index (χ3v) is 7.87. The number of nitrogens with two attached hydrogens (primary N) is 1. The number of oxazole rings is 1. The minimum absolute atomic E-state index is 0.0476. The molecule has 2 aliphatic heterocycles. The molecule has 0 bridgehead atoms. The molecule has 2 atom stereocenters. The molecule has 14 heteroatoms. The van der Waals surface area contributed by atoms with Crippen LogP contribution in [0.3, 0.4) is 0 Å². The first-order chi connectivity index (χ1) is 17.4. The summed E-state index contributed by atoms with van der Waals surface area (Å²) in [5.74, 6) is -2.05. The zero-order valence-electron chi connectivity index (χ0n) is 18.9. The van der Waals surface area contributed by atoms with Crippen molar-refractivity contribution < 1.29 is 33.3 Å². The van der Waals surface area contributed by atoms with Crippen molar-refractivity contribution in [3.63, 3.8) is 0 Å². The van der Waals surface area contributed by atoms with Gasteiger partial charge in [-0.3, -0.25) is 14.5 Å². The second kappa shape index (κ2) is 9.62. The Balaban J connectivity index is 1.37. The summed E-state index contributed by atoms with van der Waals surface area (Å²) in [5.41, 5.74) is 6.88. The summed E-state index contributed by atoms with van der Waals surface area (Å²) in [6.45, 7) is 2.22. The number of β-lactam (4-membered cyclic amide) rings is 1. The Hall–Kier alpha value is -3.91. The predicted molar refractivity (Wildman–Crippen MR) is 131 cm³/mol. The minimum atomic E-state index is -1.19. The fourth-order valence-electron chi connectivity index (χ4n) is 4.08. The molecule has 2 amide bonds. The highest BCUT2D eigenvalue weighted by molar-refractivity contribution is 8.00. The number of aromatic nitrogens is 2. The van der Waals surface area contributed by atoms with Gasteiger partial charge >= 0.3 is 5.97 Å². The number of nitrogens with one attached hydrogen (secondary N) is 1. The third-order valence-electron chi connectivity index (χ3n) is 5.66. The summed E-state index contributed by atoms with van der Waals surface area (Å²) in [6.07, 6.45) is 3.04. The van der Waals surface area contributed by atoms with Crippen LogP contribution < -0.4 is 15.6 Å². The Morgan fingerprint density at radius 3 is 3.00 bits per heavy atom. The Bertz CT molecular complexity index is 1430. The molecule has 3 aromatic heterocycles. The van der Waals surface area contributed by atoms with Gasteiger partial charge in [-0.25, -0.2) is 4.79 Å². The third kappa shape index (κ3) is 4.18. The van der Waals surface area contributed by atoms with Gasteiger partial charge in [0.1, 0.15) is 35.7 Å². The maximum Gasteiger partial charge on any atom is 0.352 e. The number of nitrogens with zero attached hydrogens (tertiary/aromatic N) is 4. The molecule has 2 aliphatic rings. The highest BCUT2D eigenvalue weighted by atomic mass is 32.2. The molecular formula is C22H21N6O6S2+. The van der Waals surface area contributed by atoms with Crippen LogP contribution in [0.15, 0.2) is 56.9 Å². The molecule has 36 heavy (non-hydrogen) atoms. The molecule has 5 rings (SSSR count). The number of thioether (sulfide) groups is 1. The molecule has 5 heterocycles. The smallest absolute Gasteiger partial charge is 0.352 e. The van der Waals surface area contributed by atoms with Crippen LogP contribution in [-0.4, -0.2) is 62.3 Å². The van der Waals surface area contributed by atoms with Crippen molar-refractivity contribution in [1.82, 2.24) is 15.2 Å². The number of pyridine rings is 1. The van der Waals surface area contributed by atoms with Crippen molar-refractivity contribution in [1.29, 1.82) is 0 Å². The number of anilines is 1. The second-order valence-corrected chi connectivity index (χ2v) is 9.91. The maximum absolute atomic E-state index is 13.1. The van der Waals surface area contributed by atoms with Gasteiger partial charge in [-0.05, 0) is 18.4 Å². The van der Waals surface area contributed by atoms with Gasteiger partial charge in [-0.15, -0.1) is 23.1 Å². The summed E-state index contributed by atoms with van der Waals surface area (Å²) in [5, 5.41) is 17.8. The van der Waals surface area contributed by atoms with Gasteiger partial charge in [0.2, 0.25) is 5.52 Å². The number of carboxylic acids is 1. The van der Waals surface area contributed by atoms with Crippen molar-refractivity contribution in [2.75, 3.05) is 18.1 Å². The number of carbonyl (C=O) groups excluding carboxylic acids is 2. The molecule has 4 N–H and O–H groups in total. The lowest BCUT2D eigenvalue weighted by Crippen LogP contribution is -2.71. The molecule has 0 spiro atoms. The number of thiophene rings is 1. The quantitative estimate of drug-likeness (QED) is 0.167. The summed E-state index contributed by atoms with van der Waals surface area (Å²) >= 11 is 2.98. The van der Waals surface area contributed by atoms with Gasteiger partial charge in [-0.1, -0.05) is 5.16 Å². The van der Waals surface area contributed by atoms with Gasteiger partial charge in [0, 0.05) is 23.5 Å². The Morgan fingerprint density at radius 1 is 1.44 bits per heavy atom. The Labute approximate surface area is 212 Å². The van der Waals surface area contributed by atoms with E-state index in [1.54, 1.807) is 18.3 Å². The Morgan fingerprint density at radius 2 is 2.28 bits per heavy atom. The number of nitrogen functional groups attached to an aromatic ring is 1. The molecule has 3 aromatic rings. The van der Waals surface area contributed by atoms with Crippen molar-refractivity contribution >= 4 is 62.8 Å². The van der Waals surface area contributed by atoms with E-state index in [2.05, 4.69) is 15.5 Å². The van der Waals surface area contributed by atoms with Crippen molar-refractivity contribution in [2.24, 2.45) is 5.16 Å². The summed E-state index contributed by atoms with van der Waals surface area (Å²) in [4.78, 5) is 48.4. The van der Waals surface area contributed by atoms with Crippen LogP contribution in [-0.2, 0) is 25.8 Å². The van der Waals surface area contributed by atoms with Crippen LogP contribution in [0.25, 0.3) is 10.2 Å². The number of carbonyl (C=O) groups is 3. The van der Waals surface area contributed by atoms with E-state index >= 15 is 0 Å². The van der Waals surface area contributed by atoms with E-state index in [0.29, 0.717) is 17.9 Å². The van der Waals surface area contributed by atoms with Gasteiger partial charge < -0.3 is 25.4 Å². The molecule has 1 saturated heterocycles. The highest BCUT2D eigenvalue weighted by Gasteiger charge is 2.54. The first-order valence-corrected chi connectivity index (χ1v) is 12.8. The second-order valence-electron chi connectivity index (χ2n) is 7.85. The van der Waals surface area contributed by atoms with E-state index in [0.717, 1.165) is 16.5 Å². The van der Waals surface area contributed by atoms with E-state index in [4.69, 9.17) is 15.0 Å². The standard InChI is InChI=1S/C22H20N6O6S2/c1-2-34-26-15(12-9-33-22(23)24-12)18(29)25-16-19(30)28-17(21(31)32)11(10-36-20(16)28)8-27-6-3-4-14-13(27)5-7-35-14/h3-7,9,16,20H,2,8,10H2,1H3,(H3-,23,24,25,29,31,32)/p+1/b26-15+/t16?,20-/m1/s1. The van der Waals surface area contributed by atoms with Crippen LogP contribution in [0.5, 0.6) is 0 Å². The van der Waals surface area contributed by atoms with Gasteiger partial charge in [0.15, 0.2) is 18.5 Å². The van der Waals surface area contributed by atoms with E-state index in [1.165, 1.54) is 16.7 Å². The van der Waals surface area contributed by atoms with Crippen molar-refractivity contribution in [3.8, 4) is 0 Å². The highest BCUT2D eigenvalue weighted by Crippen LogP contribution is 2.40. The number of rotatable bonds is 8. The first-order valence-electron chi connectivity index (χ1n) is 10.9. The molecule has 0 radical (unpaired) electrons. The minimum Gasteiger partial charge on any atom is -0.477 e. The average Bonchev–Trinajstić information content (AvgIpc) is 3.52. The van der Waals surface area contributed by atoms with E-state index in [9.17, 15) is 19.5 Å². The fraction of sp³-hybridized carbons (Fsp3) is 0.273. The SMILES string of the molecule is CCO/N=C(/C(=O)NC1C(=O)N2C(C(=O)O)=C(C[n+]3cccc4sccc43)CS[C@H]12)c1coc(N)n1. The molecule has 0 saturated carbocycles. The fourth-order valence-corrected chi connectivity index (χ4v) is 6.22. The lowest BCUT2D eigenvalue weighted by molar-refractivity contribution is -0.663. The topological polar surface area (TPSA) is 164 Å². The van der Waals surface area contributed by atoms with Crippen LogP contribution in [0, 0.1) is 0 Å². The molecule has 0 aromatic carbocycles. The molecule has 1 unspecified atom stereocenters. The molecule has 186 valence electrons. The summed E-state index contributed by atoms with van der Waals surface area (Å²) < 4.78 is 8.00. The monoisotopic (exact) mass is 529 g/mol. The normalized spacial score (nSPS) is 19.8. The zero-order chi connectivity index (χ0) is 25.4.